The van der Waals surface area contributed by atoms with Crippen molar-refractivity contribution in [2.75, 3.05) is 0 Å². The molecule has 0 aliphatic heterocycles. The molecule has 14 heavy (non-hydrogen) atoms. The average molecular weight is 235 g/mol. The van der Waals surface area contributed by atoms with Crippen LogP contribution in [-0.2, 0) is 5.41 Å². The highest BCUT2D eigenvalue weighted by molar-refractivity contribution is 6.36. The molecule has 0 spiro atoms. The van der Waals surface area contributed by atoms with Crippen LogP contribution in [0.5, 0.6) is 11.5 Å². The summed E-state index contributed by atoms with van der Waals surface area (Å²) in [6, 6.07) is 1.57. The summed E-state index contributed by atoms with van der Waals surface area (Å²) in [7, 11) is 0. The summed E-state index contributed by atoms with van der Waals surface area (Å²) in [5, 5.41) is 19.0. The van der Waals surface area contributed by atoms with Crippen LogP contribution in [0.1, 0.15) is 26.3 Å². The van der Waals surface area contributed by atoms with Crippen molar-refractivity contribution in [3.05, 3.63) is 21.7 Å². The molecular weight excluding hydrogens is 223 g/mol. The van der Waals surface area contributed by atoms with Gasteiger partial charge in [-0.05, 0) is 17.0 Å². The number of benzene rings is 1. The number of hydrogen-bond donors (Lipinski definition) is 2. The van der Waals surface area contributed by atoms with Gasteiger partial charge < -0.3 is 10.2 Å². The molecule has 0 aliphatic rings. The average Bonchev–Trinajstić information content (AvgIpc) is 2.06. The standard InChI is InChI=1S/C10H12Cl2O2/c1-10(2,3)5-4-6(11)8(13)9(14)7(5)12/h4,13-14H,1-3H3. The topological polar surface area (TPSA) is 40.5 Å². The van der Waals surface area contributed by atoms with Gasteiger partial charge in [0, 0.05) is 0 Å². The van der Waals surface area contributed by atoms with Gasteiger partial charge in [-0.25, -0.2) is 0 Å². The normalized spacial score (nSPS) is 11.8. The van der Waals surface area contributed by atoms with Gasteiger partial charge >= 0.3 is 0 Å². The third-order valence-electron chi connectivity index (χ3n) is 1.97. The Balaban J connectivity index is 3.49. The first-order chi connectivity index (χ1) is 6.25. The first-order valence-corrected chi connectivity index (χ1v) is 4.91. The zero-order valence-corrected chi connectivity index (χ0v) is 9.74. The monoisotopic (exact) mass is 234 g/mol. The smallest absolute Gasteiger partial charge is 0.178 e. The second kappa shape index (κ2) is 3.52. The summed E-state index contributed by atoms with van der Waals surface area (Å²) >= 11 is 11.6. The number of phenolic OH excluding ortho intramolecular Hbond substituents is 2. The molecule has 0 heterocycles. The molecule has 0 radical (unpaired) electrons. The van der Waals surface area contributed by atoms with Crippen LogP contribution in [0.15, 0.2) is 6.07 Å². The van der Waals surface area contributed by atoms with E-state index in [1.807, 2.05) is 20.8 Å². The number of rotatable bonds is 0. The molecule has 78 valence electrons. The Hall–Kier alpha value is -0.600. The molecule has 2 nitrogen and oxygen atoms in total. The Labute approximate surface area is 93.1 Å². The van der Waals surface area contributed by atoms with Crippen molar-refractivity contribution in [3.63, 3.8) is 0 Å². The van der Waals surface area contributed by atoms with E-state index < -0.39 is 0 Å². The fourth-order valence-corrected chi connectivity index (χ4v) is 1.77. The predicted molar refractivity (Wildman–Crippen MR) is 58.5 cm³/mol. The van der Waals surface area contributed by atoms with Gasteiger partial charge in [0.05, 0.1) is 10.0 Å². The van der Waals surface area contributed by atoms with Crippen LogP contribution in [0.3, 0.4) is 0 Å². The lowest BCUT2D eigenvalue weighted by Gasteiger charge is -2.21. The molecule has 0 fully saturated rings. The lowest BCUT2D eigenvalue weighted by atomic mass is 9.87. The molecule has 0 aliphatic carbocycles. The van der Waals surface area contributed by atoms with E-state index in [4.69, 9.17) is 23.2 Å². The van der Waals surface area contributed by atoms with Gasteiger partial charge in [0.1, 0.15) is 0 Å². The van der Waals surface area contributed by atoms with E-state index in [0.717, 1.165) is 0 Å². The minimum absolute atomic E-state index is 0.108. The van der Waals surface area contributed by atoms with Crippen molar-refractivity contribution in [3.8, 4) is 11.5 Å². The molecule has 0 bridgehead atoms. The van der Waals surface area contributed by atoms with Crippen molar-refractivity contribution >= 4 is 23.2 Å². The molecular formula is C10H12Cl2O2. The number of phenols is 2. The Morgan fingerprint density at radius 2 is 1.57 bits per heavy atom. The molecule has 4 heteroatoms. The van der Waals surface area contributed by atoms with Crippen molar-refractivity contribution < 1.29 is 10.2 Å². The van der Waals surface area contributed by atoms with Crippen molar-refractivity contribution in [1.82, 2.24) is 0 Å². The van der Waals surface area contributed by atoms with Crippen LogP contribution in [0.2, 0.25) is 10.0 Å². The highest BCUT2D eigenvalue weighted by Crippen LogP contribution is 2.44. The summed E-state index contributed by atoms with van der Waals surface area (Å²) in [5.41, 5.74) is 0.478. The molecule has 1 aromatic carbocycles. The first kappa shape index (κ1) is 11.5. The third kappa shape index (κ3) is 1.91. The second-order valence-corrected chi connectivity index (χ2v) is 4.95. The maximum Gasteiger partial charge on any atom is 0.178 e. The van der Waals surface area contributed by atoms with E-state index in [9.17, 15) is 10.2 Å². The highest BCUT2D eigenvalue weighted by atomic mass is 35.5. The fourth-order valence-electron chi connectivity index (χ4n) is 1.15. The van der Waals surface area contributed by atoms with Gasteiger partial charge in [-0.3, -0.25) is 0 Å². The van der Waals surface area contributed by atoms with Gasteiger partial charge in [0.15, 0.2) is 11.5 Å². The minimum Gasteiger partial charge on any atom is -0.503 e. The fraction of sp³-hybridized carbons (Fsp3) is 0.400. The summed E-state index contributed by atoms with van der Waals surface area (Å²) in [4.78, 5) is 0. The molecule has 0 aromatic heterocycles. The molecule has 0 saturated carbocycles. The molecule has 0 saturated heterocycles. The van der Waals surface area contributed by atoms with Crippen LogP contribution >= 0.6 is 23.2 Å². The van der Waals surface area contributed by atoms with Gasteiger partial charge in [-0.1, -0.05) is 44.0 Å². The van der Waals surface area contributed by atoms with Gasteiger partial charge in [0.2, 0.25) is 0 Å². The molecule has 0 amide bonds. The van der Waals surface area contributed by atoms with Crippen LogP contribution in [0, 0.1) is 0 Å². The van der Waals surface area contributed by atoms with Gasteiger partial charge in [0.25, 0.3) is 0 Å². The minimum atomic E-state index is -0.371. The lowest BCUT2D eigenvalue weighted by molar-refractivity contribution is 0.402. The van der Waals surface area contributed by atoms with E-state index in [-0.39, 0.29) is 27.0 Å². The predicted octanol–water partition coefficient (Wildman–Crippen LogP) is 3.70. The zero-order valence-electron chi connectivity index (χ0n) is 8.23. The van der Waals surface area contributed by atoms with Crippen LogP contribution < -0.4 is 0 Å². The number of aromatic hydroxyl groups is 2. The van der Waals surface area contributed by atoms with Crippen molar-refractivity contribution in [2.45, 2.75) is 26.2 Å². The number of halogens is 2. The van der Waals surface area contributed by atoms with E-state index in [2.05, 4.69) is 0 Å². The van der Waals surface area contributed by atoms with E-state index >= 15 is 0 Å². The highest BCUT2D eigenvalue weighted by Gasteiger charge is 2.23. The zero-order chi connectivity index (χ0) is 11.1. The molecule has 0 atom stereocenters. The molecule has 0 unspecified atom stereocenters. The first-order valence-electron chi connectivity index (χ1n) is 4.15. The molecule has 1 rings (SSSR count). The Morgan fingerprint density at radius 1 is 1.07 bits per heavy atom. The summed E-state index contributed by atoms with van der Waals surface area (Å²) < 4.78 is 0. The Morgan fingerprint density at radius 3 is 2.00 bits per heavy atom. The second-order valence-electron chi connectivity index (χ2n) is 4.17. The SMILES string of the molecule is CC(C)(C)c1cc(Cl)c(O)c(O)c1Cl. The Kier molecular flexibility index (Phi) is 2.88. The van der Waals surface area contributed by atoms with Crippen molar-refractivity contribution in [1.29, 1.82) is 0 Å². The van der Waals surface area contributed by atoms with Crippen LogP contribution in [0.25, 0.3) is 0 Å². The van der Waals surface area contributed by atoms with Gasteiger partial charge in [-0.15, -0.1) is 0 Å². The lowest BCUT2D eigenvalue weighted by Crippen LogP contribution is -2.11. The maximum absolute atomic E-state index is 9.46. The summed E-state index contributed by atoms with van der Waals surface area (Å²) in [5.74, 6) is -0.728. The summed E-state index contributed by atoms with van der Waals surface area (Å²) in [6.45, 7) is 5.84. The number of hydrogen-bond acceptors (Lipinski definition) is 2. The Bertz CT molecular complexity index is 367. The van der Waals surface area contributed by atoms with Gasteiger partial charge in [-0.2, -0.15) is 0 Å². The van der Waals surface area contributed by atoms with Crippen LogP contribution in [0.4, 0.5) is 0 Å². The molecule has 2 N–H and O–H groups in total. The van der Waals surface area contributed by atoms with E-state index in [0.29, 0.717) is 5.56 Å². The van der Waals surface area contributed by atoms with E-state index in [1.165, 1.54) is 0 Å². The van der Waals surface area contributed by atoms with E-state index in [1.54, 1.807) is 6.07 Å². The largest absolute Gasteiger partial charge is 0.503 e. The third-order valence-corrected chi connectivity index (χ3v) is 2.64. The quantitative estimate of drug-likeness (QED) is 0.673. The van der Waals surface area contributed by atoms with Crippen LogP contribution in [-0.4, -0.2) is 10.2 Å². The van der Waals surface area contributed by atoms with Crippen molar-refractivity contribution in [2.24, 2.45) is 0 Å². The maximum atomic E-state index is 9.46. The summed E-state index contributed by atoms with van der Waals surface area (Å²) in [6.07, 6.45) is 0. The molecule has 1 aromatic rings.